The number of ether oxygens (including phenoxy) is 2. The van der Waals surface area contributed by atoms with E-state index < -0.39 is 83.3 Å². The van der Waals surface area contributed by atoms with Crippen molar-refractivity contribution in [3.8, 4) is 0 Å². The fourth-order valence-corrected chi connectivity index (χ4v) is 8.28. The molecule has 0 radical (unpaired) electrons. The van der Waals surface area contributed by atoms with Gasteiger partial charge >= 0.3 is 5.97 Å². The third-order valence-electron chi connectivity index (χ3n) is 12.8. The van der Waals surface area contributed by atoms with Gasteiger partial charge in [-0.1, -0.05) is 83.5 Å². The Kier molecular flexibility index (Phi) is 19.9. The molecule has 0 spiro atoms. The Bertz CT molecular complexity index is 1870. The van der Waals surface area contributed by atoms with Gasteiger partial charge in [0.2, 0.25) is 29.5 Å². The van der Waals surface area contributed by atoms with Crippen molar-refractivity contribution >= 4 is 53.4 Å². The minimum Gasteiger partial charge on any atom is -0.479 e. The minimum atomic E-state index is -1.39. The van der Waals surface area contributed by atoms with Gasteiger partial charge in [-0.05, 0) is 50.5 Å². The van der Waals surface area contributed by atoms with Crippen LogP contribution in [0.15, 0.2) is 48.6 Å². The monoisotopic (exact) mass is 895 g/mol. The number of aliphatic carboxylic acids is 1. The molecule has 2 aliphatic heterocycles. The number of hydrogen-bond acceptors (Lipinski definition) is 10. The summed E-state index contributed by atoms with van der Waals surface area (Å²) in [6, 6.07) is 5.71. The second kappa shape index (κ2) is 24.0. The van der Waals surface area contributed by atoms with Crippen LogP contribution in [0.2, 0.25) is 0 Å². The molecule has 1 aromatic rings. The zero-order chi connectivity index (χ0) is 48.1. The van der Waals surface area contributed by atoms with E-state index in [1.54, 1.807) is 52.6 Å². The maximum atomic E-state index is 14.5. The maximum Gasteiger partial charge on any atom is 0.330 e. The largest absolute Gasteiger partial charge is 0.479 e. The van der Waals surface area contributed by atoms with Crippen molar-refractivity contribution < 1.29 is 52.9 Å². The molecule has 0 saturated carbocycles. The first-order valence-electron chi connectivity index (χ1n) is 22.1. The fraction of sp³-hybridized carbons (Fsp3) is 0.617. The predicted molar refractivity (Wildman–Crippen MR) is 240 cm³/mol. The molecule has 1 fully saturated rings. The van der Waals surface area contributed by atoms with Gasteiger partial charge in [-0.25, -0.2) is 4.79 Å². The first kappa shape index (κ1) is 52.9. The van der Waals surface area contributed by atoms with Crippen molar-refractivity contribution in [2.45, 2.75) is 129 Å². The number of imide groups is 1. The molecule has 8 atom stereocenters. The van der Waals surface area contributed by atoms with Crippen LogP contribution in [0.25, 0.3) is 6.08 Å². The number of nitrogens with zero attached hydrogens (tertiary/aromatic N) is 4. The molecule has 1 saturated heterocycles. The summed E-state index contributed by atoms with van der Waals surface area (Å²) < 4.78 is 11.9. The number of hydrogen-bond donors (Lipinski definition) is 3. The van der Waals surface area contributed by atoms with Crippen LogP contribution in [0.1, 0.15) is 92.6 Å². The lowest BCUT2D eigenvalue weighted by Gasteiger charge is -2.41. The second-order valence-corrected chi connectivity index (χ2v) is 17.7. The van der Waals surface area contributed by atoms with Crippen LogP contribution >= 0.6 is 0 Å². The quantitative estimate of drug-likeness (QED) is 0.128. The number of amides is 7. The zero-order valence-corrected chi connectivity index (χ0v) is 39.4. The van der Waals surface area contributed by atoms with Gasteiger partial charge in [0, 0.05) is 60.0 Å². The smallest absolute Gasteiger partial charge is 0.330 e. The Balaban J connectivity index is 1.73. The highest BCUT2D eigenvalue weighted by Crippen LogP contribution is 2.30. The van der Waals surface area contributed by atoms with Crippen LogP contribution in [0.4, 0.5) is 0 Å². The van der Waals surface area contributed by atoms with E-state index >= 15 is 0 Å². The molecule has 17 nitrogen and oxygen atoms in total. The number of benzene rings is 1. The lowest BCUT2D eigenvalue weighted by molar-refractivity contribution is -0.150. The van der Waals surface area contributed by atoms with E-state index in [1.165, 1.54) is 49.3 Å². The summed E-state index contributed by atoms with van der Waals surface area (Å²) in [5, 5.41) is 15.4. The van der Waals surface area contributed by atoms with E-state index in [2.05, 4.69) is 10.6 Å². The molecule has 0 aromatic heterocycles. The second-order valence-electron chi connectivity index (χ2n) is 17.7. The van der Waals surface area contributed by atoms with E-state index in [1.807, 2.05) is 44.2 Å². The molecular formula is C47H70N6O11. The van der Waals surface area contributed by atoms with Gasteiger partial charge < -0.3 is 39.9 Å². The van der Waals surface area contributed by atoms with Gasteiger partial charge in [-0.2, -0.15) is 0 Å². The number of carboxylic acid groups (broad SMARTS) is 1. The molecule has 2 heterocycles. The number of carboxylic acids is 1. The molecule has 0 bridgehead atoms. The maximum absolute atomic E-state index is 14.5. The predicted octanol–water partition coefficient (Wildman–Crippen LogP) is 3.27. The first-order chi connectivity index (χ1) is 30.1. The minimum absolute atomic E-state index is 0.0213. The van der Waals surface area contributed by atoms with Gasteiger partial charge in [0.1, 0.15) is 17.6 Å². The first-order valence-corrected chi connectivity index (χ1v) is 22.1. The average Bonchev–Trinajstić information content (AvgIpc) is 3.88. The molecule has 354 valence electrons. The van der Waals surface area contributed by atoms with Crippen LogP contribution in [-0.2, 0) is 47.8 Å². The molecule has 3 N–H and O–H groups in total. The van der Waals surface area contributed by atoms with Crippen molar-refractivity contribution in [2.75, 3.05) is 41.4 Å². The van der Waals surface area contributed by atoms with Crippen molar-refractivity contribution in [2.24, 2.45) is 17.8 Å². The van der Waals surface area contributed by atoms with Crippen LogP contribution in [-0.4, -0.2) is 155 Å². The normalized spacial score (nSPS) is 18.7. The number of carbonyl (C=O) groups excluding carboxylic acids is 7. The van der Waals surface area contributed by atoms with Crippen LogP contribution in [0.3, 0.4) is 0 Å². The lowest BCUT2D eigenvalue weighted by atomic mass is 9.89. The molecule has 3 rings (SSSR count). The Morgan fingerprint density at radius 1 is 0.953 bits per heavy atom. The SMILES string of the molecule is CC[C@H](C)[C@@H]([C@@H](CC(=O)N1CCC[C@H]1[C@H](OC)[C@@H](C)C(=O)NC(/C=C/c1ccccc1)C(=O)O)OC)N(C)C(=O)[C@@H](NC(=O)C(C)(C)N(C)C(=O)CCCN1C(=O)C=CC1=O)C(C)C. The zero-order valence-electron chi connectivity index (χ0n) is 39.4. The van der Waals surface area contributed by atoms with E-state index in [4.69, 9.17) is 9.47 Å². The van der Waals surface area contributed by atoms with Gasteiger partial charge in [0.15, 0.2) is 0 Å². The molecule has 17 heteroatoms. The molecule has 7 amide bonds. The van der Waals surface area contributed by atoms with Crippen molar-refractivity contribution in [1.82, 2.24) is 30.2 Å². The topological polar surface area (TPSA) is 212 Å². The van der Waals surface area contributed by atoms with Crippen LogP contribution in [0.5, 0.6) is 0 Å². The summed E-state index contributed by atoms with van der Waals surface area (Å²) >= 11 is 0. The molecular weight excluding hydrogens is 825 g/mol. The van der Waals surface area contributed by atoms with E-state index in [0.717, 1.165) is 10.5 Å². The van der Waals surface area contributed by atoms with Crippen molar-refractivity contribution in [1.29, 1.82) is 0 Å². The van der Waals surface area contributed by atoms with Gasteiger partial charge in [-0.3, -0.25) is 38.5 Å². The summed E-state index contributed by atoms with van der Waals surface area (Å²) in [6.45, 7) is 12.8. The summed E-state index contributed by atoms with van der Waals surface area (Å²) in [6.07, 6.45) is 5.79. The third kappa shape index (κ3) is 13.3. The lowest BCUT2D eigenvalue weighted by Crippen LogP contribution is -2.62. The molecule has 64 heavy (non-hydrogen) atoms. The summed E-state index contributed by atoms with van der Waals surface area (Å²) in [4.78, 5) is 111. The van der Waals surface area contributed by atoms with Crippen molar-refractivity contribution in [3.05, 3.63) is 54.1 Å². The average molecular weight is 895 g/mol. The summed E-state index contributed by atoms with van der Waals surface area (Å²) in [5.74, 6) is -5.60. The number of likely N-dealkylation sites (tertiary alicyclic amines) is 1. The molecule has 2 aliphatic rings. The number of carbonyl (C=O) groups is 8. The van der Waals surface area contributed by atoms with Crippen LogP contribution in [0, 0.1) is 17.8 Å². The standard InChI is InChI=1S/C47H70N6O11/c1-12-30(4)41(50(8)44(59)40(29(2)3)49-46(62)47(6,7)51(9)36(54)21-17-27-53-37(55)24-25-38(53)56)35(63-10)28-39(57)52-26-16-20-34(52)42(64-11)31(5)43(58)48-33(45(60)61)23-22-32-18-14-13-15-19-32/h13-15,18-19,22-25,29-31,33-35,40-42H,12,16-17,20-21,26-28H2,1-11H3,(H,48,58)(H,49,62)(H,60,61)/b23-22+/t30-,31+,33?,34-,35+,40-,41-,42+/m0/s1. The summed E-state index contributed by atoms with van der Waals surface area (Å²) in [5.41, 5.74) is -0.611. The van der Waals surface area contributed by atoms with Gasteiger partial charge in [0.05, 0.1) is 36.6 Å². The molecule has 1 aromatic carbocycles. The summed E-state index contributed by atoms with van der Waals surface area (Å²) in [7, 11) is 6.06. The van der Waals surface area contributed by atoms with Crippen LogP contribution < -0.4 is 10.6 Å². The Morgan fingerprint density at radius 3 is 2.12 bits per heavy atom. The third-order valence-corrected chi connectivity index (χ3v) is 12.8. The van der Waals surface area contributed by atoms with E-state index in [-0.39, 0.29) is 49.5 Å². The molecule has 0 aliphatic carbocycles. The van der Waals surface area contributed by atoms with Gasteiger partial charge in [-0.15, -0.1) is 0 Å². The van der Waals surface area contributed by atoms with E-state index in [9.17, 15) is 43.5 Å². The highest BCUT2D eigenvalue weighted by molar-refractivity contribution is 6.12. The number of nitrogens with one attached hydrogen (secondary N) is 2. The van der Waals surface area contributed by atoms with Crippen molar-refractivity contribution in [3.63, 3.8) is 0 Å². The fourth-order valence-electron chi connectivity index (χ4n) is 8.28. The number of rotatable bonds is 24. The Hall–Kier alpha value is -5.42. The highest BCUT2D eigenvalue weighted by atomic mass is 16.5. The Labute approximate surface area is 377 Å². The number of methoxy groups -OCH3 is 2. The van der Waals surface area contributed by atoms with Gasteiger partial charge in [0.25, 0.3) is 11.8 Å². The van der Waals surface area contributed by atoms with E-state index in [0.29, 0.717) is 25.8 Å². The number of likely N-dealkylation sites (N-methyl/N-ethyl adjacent to an activating group) is 2. The Morgan fingerprint density at radius 2 is 1.58 bits per heavy atom. The highest BCUT2D eigenvalue weighted by Gasteiger charge is 2.44. The molecule has 1 unspecified atom stereocenters.